The zero-order valence-corrected chi connectivity index (χ0v) is 11.4. The van der Waals surface area contributed by atoms with Crippen molar-refractivity contribution < 1.29 is 4.52 Å². The molecular weight excluding hydrogens is 282 g/mol. The van der Waals surface area contributed by atoms with E-state index in [-0.39, 0.29) is 6.04 Å². The Labute approximate surface area is 108 Å². The minimum Gasteiger partial charge on any atom is -0.334 e. The Morgan fingerprint density at radius 1 is 1.47 bits per heavy atom. The molecule has 2 N–H and O–H groups in total. The quantitative estimate of drug-likeness (QED) is 0.945. The van der Waals surface area contributed by atoms with E-state index in [0.717, 1.165) is 15.6 Å². The van der Waals surface area contributed by atoms with Crippen molar-refractivity contribution in [3.8, 4) is 11.5 Å². The second-order valence-corrected chi connectivity index (χ2v) is 4.96. The average molecular weight is 296 g/mol. The fourth-order valence-corrected chi connectivity index (χ4v) is 1.94. The number of hydrogen-bond acceptors (Lipinski definition) is 4. The monoisotopic (exact) mass is 295 g/mol. The fourth-order valence-electron chi connectivity index (χ4n) is 1.57. The summed E-state index contributed by atoms with van der Waals surface area (Å²) in [5.41, 5.74) is 7.73. The van der Waals surface area contributed by atoms with Gasteiger partial charge in [-0.2, -0.15) is 4.98 Å². The Kier molecular flexibility index (Phi) is 3.59. The summed E-state index contributed by atoms with van der Waals surface area (Å²) in [6.07, 6.45) is 0.622. The van der Waals surface area contributed by atoms with Gasteiger partial charge in [0, 0.05) is 22.5 Å². The minimum absolute atomic E-state index is 0.0315. The third kappa shape index (κ3) is 2.73. The molecular formula is C12H14BrN3O. The Bertz CT molecular complexity index is 522. The summed E-state index contributed by atoms with van der Waals surface area (Å²) < 4.78 is 6.28. The lowest BCUT2D eigenvalue weighted by molar-refractivity contribution is 0.420. The third-order valence-corrected chi connectivity index (χ3v) is 3.33. The highest BCUT2D eigenvalue weighted by Crippen LogP contribution is 2.27. The van der Waals surface area contributed by atoms with E-state index in [1.165, 1.54) is 0 Å². The molecule has 1 aromatic heterocycles. The van der Waals surface area contributed by atoms with Gasteiger partial charge in [-0.25, -0.2) is 0 Å². The lowest BCUT2D eigenvalue weighted by atomic mass is 10.1. The molecule has 0 radical (unpaired) electrons. The molecule has 2 aromatic rings. The molecule has 0 spiro atoms. The lowest BCUT2D eigenvalue weighted by Gasteiger charge is -2.02. The summed E-state index contributed by atoms with van der Waals surface area (Å²) in [6, 6.07) is 5.92. The van der Waals surface area contributed by atoms with Crippen LogP contribution in [0.2, 0.25) is 0 Å². The first-order valence-electron chi connectivity index (χ1n) is 5.41. The summed E-state index contributed by atoms with van der Waals surface area (Å²) in [7, 11) is 0. The van der Waals surface area contributed by atoms with Gasteiger partial charge in [-0.1, -0.05) is 27.2 Å². The summed E-state index contributed by atoms with van der Waals surface area (Å²) in [5.74, 6) is 1.19. The predicted molar refractivity (Wildman–Crippen MR) is 69.5 cm³/mol. The van der Waals surface area contributed by atoms with E-state index in [2.05, 4.69) is 26.1 Å². The van der Waals surface area contributed by atoms with Gasteiger partial charge in [-0.3, -0.25) is 0 Å². The highest BCUT2D eigenvalue weighted by atomic mass is 79.9. The number of aromatic nitrogens is 2. The van der Waals surface area contributed by atoms with Crippen molar-refractivity contribution in [3.05, 3.63) is 34.1 Å². The van der Waals surface area contributed by atoms with Gasteiger partial charge < -0.3 is 10.3 Å². The van der Waals surface area contributed by atoms with Crippen LogP contribution in [0.3, 0.4) is 0 Å². The second kappa shape index (κ2) is 4.98. The van der Waals surface area contributed by atoms with Gasteiger partial charge in [-0.05, 0) is 31.5 Å². The Morgan fingerprint density at radius 3 is 2.94 bits per heavy atom. The van der Waals surface area contributed by atoms with E-state index in [1.807, 2.05) is 32.0 Å². The molecule has 0 amide bonds. The summed E-state index contributed by atoms with van der Waals surface area (Å²) in [6.45, 7) is 3.93. The molecule has 90 valence electrons. The standard InChI is InChI=1S/C12H14BrN3O/c1-7(14)6-11-15-12(17-16-11)9-4-3-5-10(13)8(9)2/h3-5,7H,6,14H2,1-2H3. The van der Waals surface area contributed by atoms with Crippen LogP contribution in [0.25, 0.3) is 11.5 Å². The van der Waals surface area contributed by atoms with Crippen molar-refractivity contribution >= 4 is 15.9 Å². The Hall–Kier alpha value is -1.20. The number of nitrogens with zero attached hydrogens (tertiary/aromatic N) is 2. The van der Waals surface area contributed by atoms with Gasteiger partial charge in [0.1, 0.15) is 0 Å². The molecule has 1 unspecified atom stereocenters. The van der Waals surface area contributed by atoms with E-state index < -0.39 is 0 Å². The molecule has 1 aromatic carbocycles. The Balaban J connectivity index is 2.34. The Morgan fingerprint density at radius 2 is 2.24 bits per heavy atom. The van der Waals surface area contributed by atoms with Gasteiger partial charge in [0.25, 0.3) is 5.89 Å². The van der Waals surface area contributed by atoms with E-state index in [4.69, 9.17) is 10.3 Å². The molecule has 1 heterocycles. The third-order valence-electron chi connectivity index (χ3n) is 2.47. The molecule has 2 rings (SSSR count). The van der Waals surface area contributed by atoms with Crippen molar-refractivity contribution in [2.45, 2.75) is 26.3 Å². The number of hydrogen-bond donors (Lipinski definition) is 1. The summed E-state index contributed by atoms with van der Waals surface area (Å²) in [5, 5.41) is 3.92. The predicted octanol–water partition coefficient (Wildman–Crippen LogP) is 2.70. The van der Waals surface area contributed by atoms with Gasteiger partial charge in [0.05, 0.1) is 0 Å². The molecule has 4 nitrogen and oxygen atoms in total. The van der Waals surface area contributed by atoms with E-state index >= 15 is 0 Å². The summed E-state index contributed by atoms with van der Waals surface area (Å²) in [4.78, 5) is 4.34. The normalized spacial score (nSPS) is 12.7. The molecule has 5 heteroatoms. The first-order chi connectivity index (χ1) is 8.08. The maximum absolute atomic E-state index is 5.70. The van der Waals surface area contributed by atoms with Crippen LogP contribution in [-0.4, -0.2) is 16.2 Å². The van der Waals surface area contributed by atoms with Gasteiger partial charge in [-0.15, -0.1) is 0 Å². The van der Waals surface area contributed by atoms with Crippen LogP contribution in [0.1, 0.15) is 18.3 Å². The molecule has 0 saturated heterocycles. The van der Waals surface area contributed by atoms with Crippen molar-refractivity contribution in [2.24, 2.45) is 5.73 Å². The highest BCUT2D eigenvalue weighted by Gasteiger charge is 2.13. The second-order valence-electron chi connectivity index (χ2n) is 4.11. The van der Waals surface area contributed by atoms with Crippen molar-refractivity contribution in [1.82, 2.24) is 10.1 Å². The molecule has 1 atom stereocenters. The smallest absolute Gasteiger partial charge is 0.258 e. The molecule has 0 aliphatic rings. The van der Waals surface area contributed by atoms with Crippen LogP contribution in [0.5, 0.6) is 0 Å². The number of rotatable bonds is 3. The lowest BCUT2D eigenvalue weighted by Crippen LogP contribution is -2.18. The SMILES string of the molecule is Cc1c(Br)cccc1-c1nc(CC(C)N)no1. The van der Waals surface area contributed by atoms with Crippen LogP contribution >= 0.6 is 15.9 Å². The van der Waals surface area contributed by atoms with Crippen LogP contribution in [0.4, 0.5) is 0 Å². The largest absolute Gasteiger partial charge is 0.334 e. The van der Waals surface area contributed by atoms with Crippen LogP contribution in [0, 0.1) is 6.92 Å². The minimum atomic E-state index is 0.0315. The zero-order valence-electron chi connectivity index (χ0n) is 9.77. The van der Waals surface area contributed by atoms with Crippen LogP contribution in [0.15, 0.2) is 27.2 Å². The average Bonchev–Trinajstić information content (AvgIpc) is 2.69. The number of nitrogens with two attached hydrogens (primary N) is 1. The van der Waals surface area contributed by atoms with Gasteiger partial charge in [0.15, 0.2) is 5.82 Å². The van der Waals surface area contributed by atoms with E-state index in [9.17, 15) is 0 Å². The van der Waals surface area contributed by atoms with Gasteiger partial charge >= 0.3 is 0 Å². The molecule has 0 saturated carbocycles. The van der Waals surface area contributed by atoms with E-state index in [0.29, 0.717) is 18.1 Å². The molecule has 0 aliphatic heterocycles. The van der Waals surface area contributed by atoms with Crippen LogP contribution in [-0.2, 0) is 6.42 Å². The fraction of sp³-hybridized carbons (Fsp3) is 0.333. The number of halogens is 1. The summed E-state index contributed by atoms with van der Waals surface area (Å²) >= 11 is 3.48. The molecule has 17 heavy (non-hydrogen) atoms. The highest BCUT2D eigenvalue weighted by molar-refractivity contribution is 9.10. The first kappa shape index (κ1) is 12.3. The maximum Gasteiger partial charge on any atom is 0.258 e. The first-order valence-corrected chi connectivity index (χ1v) is 6.21. The molecule has 0 bridgehead atoms. The molecule has 0 aliphatic carbocycles. The molecule has 0 fully saturated rings. The van der Waals surface area contributed by atoms with Crippen molar-refractivity contribution in [3.63, 3.8) is 0 Å². The van der Waals surface area contributed by atoms with E-state index in [1.54, 1.807) is 0 Å². The van der Waals surface area contributed by atoms with Crippen molar-refractivity contribution in [1.29, 1.82) is 0 Å². The zero-order chi connectivity index (χ0) is 12.4. The van der Waals surface area contributed by atoms with Crippen LogP contribution < -0.4 is 5.73 Å². The topological polar surface area (TPSA) is 64.9 Å². The number of benzene rings is 1. The van der Waals surface area contributed by atoms with Gasteiger partial charge in [0.2, 0.25) is 0 Å². The van der Waals surface area contributed by atoms with Crippen molar-refractivity contribution in [2.75, 3.05) is 0 Å². The maximum atomic E-state index is 5.70.